The van der Waals surface area contributed by atoms with Crippen LogP contribution < -0.4 is 5.32 Å². The number of piperidine rings is 1. The van der Waals surface area contributed by atoms with Crippen LogP contribution in [0.3, 0.4) is 0 Å². The molecule has 2 aliphatic carbocycles. The predicted octanol–water partition coefficient (Wildman–Crippen LogP) is 1.31. The van der Waals surface area contributed by atoms with E-state index in [1.807, 2.05) is 0 Å². The molecule has 0 radical (unpaired) electrons. The van der Waals surface area contributed by atoms with Gasteiger partial charge in [-0.3, -0.25) is 4.79 Å². The van der Waals surface area contributed by atoms with Crippen molar-refractivity contribution in [3.8, 4) is 0 Å². The van der Waals surface area contributed by atoms with Crippen LogP contribution >= 0.6 is 0 Å². The molecule has 2 unspecified atom stereocenters. The summed E-state index contributed by atoms with van der Waals surface area (Å²) in [4.78, 5) is 13.4. The minimum absolute atomic E-state index is 0.337. The molecule has 4 heteroatoms. The van der Waals surface area contributed by atoms with Gasteiger partial charge in [-0.15, -0.1) is 0 Å². The van der Waals surface area contributed by atoms with Crippen LogP contribution in [-0.2, 0) is 4.79 Å². The third-order valence-corrected chi connectivity index (χ3v) is 4.34. The van der Waals surface area contributed by atoms with Crippen molar-refractivity contribution in [1.29, 1.82) is 0 Å². The summed E-state index contributed by atoms with van der Waals surface area (Å²) in [6, 6.07) is 1.25. The lowest BCUT2D eigenvalue weighted by Gasteiger charge is -2.38. The van der Waals surface area contributed by atoms with E-state index < -0.39 is 5.97 Å². The number of hydrogen-bond donors (Lipinski definition) is 2. The lowest BCUT2D eigenvalue weighted by Crippen LogP contribution is -2.50. The molecule has 1 saturated heterocycles. The summed E-state index contributed by atoms with van der Waals surface area (Å²) in [5, 5.41) is 12.7. The average Bonchev–Trinajstić information content (AvgIpc) is 3.12. The van der Waals surface area contributed by atoms with E-state index in [-0.39, 0.29) is 0 Å². The Morgan fingerprint density at radius 3 is 2.50 bits per heavy atom. The van der Waals surface area contributed by atoms with Crippen molar-refractivity contribution in [2.75, 3.05) is 19.6 Å². The van der Waals surface area contributed by atoms with Gasteiger partial charge in [0.2, 0.25) is 0 Å². The SMILES string of the molecule is O=C(O)CC1CC(NC2CC2)CN(CC2CC2)C1. The molecule has 2 N–H and O–H groups in total. The minimum atomic E-state index is -0.640. The van der Waals surface area contributed by atoms with E-state index in [1.54, 1.807) is 0 Å². The average molecular weight is 252 g/mol. The second kappa shape index (κ2) is 5.17. The van der Waals surface area contributed by atoms with Gasteiger partial charge in [0.15, 0.2) is 0 Å². The Bertz CT molecular complexity index is 291. The first kappa shape index (κ1) is 12.4. The molecule has 3 aliphatic rings. The Labute approximate surface area is 109 Å². The summed E-state index contributed by atoms with van der Waals surface area (Å²) in [7, 11) is 0. The van der Waals surface area contributed by atoms with Gasteiger partial charge in [-0.25, -0.2) is 0 Å². The van der Waals surface area contributed by atoms with E-state index in [2.05, 4.69) is 10.2 Å². The fourth-order valence-electron chi connectivity index (χ4n) is 3.22. The number of aliphatic carboxylic acids is 1. The summed E-state index contributed by atoms with van der Waals surface area (Å²) < 4.78 is 0. The molecule has 2 atom stereocenters. The number of nitrogens with one attached hydrogen (secondary N) is 1. The zero-order chi connectivity index (χ0) is 12.5. The summed E-state index contributed by atoms with van der Waals surface area (Å²) >= 11 is 0. The second-order valence-corrected chi connectivity index (χ2v) is 6.50. The number of nitrogens with zero attached hydrogens (tertiary/aromatic N) is 1. The maximum absolute atomic E-state index is 10.9. The van der Waals surface area contributed by atoms with Crippen LogP contribution in [0.5, 0.6) is 0 Å². The highest BCUT2D eigenvalue weighted by atomic mass is 16.4. The normalized spacial score (nSPS) is 33.6. The van der Waals surface area contributed by atoms with Crippen LogP contribution in [-0.4, -0.2) is 47.7 Å². The van der Waals surface area contributed by atoms with Gasteiger partial charge in [0.1, 0.15) is 0 Å². The Balaban J connectivity index is 1.54. The third kappa shape index (κ3) is 3.69. The molecule has 3 fully saturated rings. The number of hydrogen-bond acceptors (Lipinski definition) is 3. The first-order chi connectivity index (χ1) is 8.69. The van der Waals surface area contributed by atoms with Gasteiger partial charge in [0.25, 0.3) is 0 Å². The van der Waals surface area contributed by atoms with E-state index in [1.165, 1.54) is 32.2 Å². The fraction of sp³-hybridized carbons (Fsp3) is 0.929. The summed E-state index contributed by atoms with van der Waals surface area (Å²) in [6.45, 7) is 3.31. The third-order valence-electron chi connectivity index (χ3n) is 4.34. The lowest BCUT2D eigenvalue weighted by atomic mass is 9.91. The maximum Gasteiger partial charge on any atom is 0.303 e. The topological polar surface area (TPSA) is 52.6 Å². The zero-order valence-electron chi connectivity index (χ0n) is 11.0. The number of rotatable bonds is 6. The molecule has 102 valence electrons. The quantitative estimate of drug-likeness (QED) is 0.748. The standard InChI is InChI=1S/C14H24N2O2/c17-14(18)6-11-5-13(15-12-3-4-12)9-16(8-11)7-10-1-2-10/h10-13,15H,1-9H2,(H,17,18). The van der Waals surface area contributed by atoms with Gasteiger partial charge in [0.05, 0.1) is 0 Å². The van der Waals surface area contributed by atoms with Gasteiger partial charge in [-0.1, -0.05) is 0 Å². The van der Waals surface area contributed by atoms with E-state index in [4.69, 9.17) is 5.11 Å². The number of carboxylic acid groups (broad SMARTS) is 1. The summed E-state index contributed by atoms with van der Waals surface area (Å²) in [5.41, 5.74) is 0. The monoisotopic (exact) mass is 252 g/mol. The number of carbonyl (C=O) groups is 1. The van der Waals surface area contributed by atoms with Crippen molar-refractivity contribution < 1.29 is 9.90 Å². The zero-order valence-corrected chi connectivity index (χ0v) is 11.0. The van der Waals surface area contributed by atoms with Gasteiger partial charge < -0.3 is 15.3 Å². The van der Waals surface area contributed by atoms with E-state index in [0.717, 1.165) is 31.5 Å². The van der Waals surface area contributed by atoms with E-state index >= 15 is 0 Å². The largest absolute Gasteiger partial charge is 0.481 e. The Morgan fingerprint density at radius 1 is 1.11 bits per heavy atom. The molecule has 1 heterocycles. The Hall–Kier alpha value is -0.610. The van der Waals surface area contributed by atoms with Gasteiger partial charge >= 0.3 is 5.97 Å². The molecule has 0 bridgehead atoms. The number of carboxylic acids is 1. The van der Waals surface area contributed by atoms with Crippen LogP contribution in [0.25, 0.3) is 0 Å². The molecule has 1 aliphatic heterocycles. The first-order valence-corrected chi connectivity index (χ1v) is 7.39. The van der Waals surface area contributed by atoms with Crippen molar-refractivity contribution in [3.63, 3.8) is 0 Å². The van der Waals surface area contributed by atoms with Crippen molar-refractivity contribution in [3.05, 3.63) is 0 Å². The second-order valence-electron chi connectivity index (χ2n) is 6.50. The molecule has 0 spiro atoms. The van der Waals surface area contributed by atoms with E-state index in [9.17, 15) is 4.79 Å². The molecule has 0 amide bonds. The first-order valence-electron chi connectivity index (χ1n) is 7.39. The molecule has 2 saturated carbocycles. The predicted molar refractivity (Wildman–Crippen MR) is 69.5 cm³/mol. The molecular weight excluding hydrogens is 228 g/mol. The maximum atomic E-state index is 10.9. The fourth-order valence-corrected chi connectivity index (χ4v) is 3.22. The molecular formula is C14H24N2O2. The number of likely N-dealkylation sites (tertiary alicyclic amines) is 1. The summed E-state index contributed by atoms with van der Waals surface area (Å²) in [5.74, 6) is 0.597. The van der Waals surface area contributed by atoms with Crippen LogP contribution in [0.4, 0.5) is 0 Å². The molecule has 3 rings (SSSR count). The van der Waals surface area contributed by atoms with Gasteiger partial charge in [-0.2, -0.15) is 0 Å². The van der Waals surface area contributed by atoms with Crippen LogP contribution in [0.15, 0.2) is 0 Å². The minimum Gasteiger partial charge on any atom is -0.481 e. The highest BCUT2D eigenvalue weighted by molar-refractivity contribution is 5.67. The molecule has 0 aromatic carbocycles. The van der Waals surface area contributed by atoms with Crippen molar-refractivity contribution in [2.45, 2.75) is 50.6 Å². The van der Waals surface area contributed by atoms with Crippen LogP contribution in [0, 0.1) is 11.8 Å². The van der Waals surface area contributed by atoms with Gasteiger partial charge in [-0.05, 0) is 43.9 Å². The summed E-state index contributed by atoms with van der Waals surface area (Å²) in [6.07, 6.45) is 6.75. The van der Waals surface area contributed by atoms with Crippen molar-refractivity contribution in [1.82, 2.24) is 10.2 Å². The van der Waals surface area contributed by atoms with Gasteiger partial charge in [0, 0.05) is 38.1 Å². The lowest BCUT2D eigenvalue weighted by molar-refractivity contribution is -0.138. The molecule has 0 aromatic heterocycles. The Morgan fingerprint density at radius 2 is 1.89 bits per heavy atom. The highest BCUT2D eigenvalue weighted by Gasteiger charge is 2.34. The van der Waals surface area contributed by atoms with E-state index in [0.29, 0.717) is 18.4 Å². The van der Waals surface area contributed by atoms with Crippen LogP contribution in [0.2, 0.25) is 0 Å². The molecule has 18 heavy (non-hydrogen) atoms. The smallest absolute Gasteiger partial charge is 0.303 e. The molecule has 0 aromatic rings. The van der Waals surface area contributed by atoms with Crippen molar-refractivity contribution in [2.24, 2.45) is 11.8 Å². The van der Waals surface area contributed by atoms with Crippen LogP contribution in [0.1, 0.15) is 38.5 Å². The molecule has 4 nitrogen and oxygen atoms in total. The Kier molecular flexibility index (Phi) is 3.57. The van der Waals surface area contributed by atoms with Crippen molar-refractivity contribution >= 4 is 5.97 Å². The highest BCUT2D eigenvalue weighted by Crippen LogP contribution is 2.32.